The molecule has 0 aromatic carbocycles. The number of carbonyl (C=O) groups excluding carboxylic acids is 1. The second-order valence-electron chi connectivity index (χ2n) is 2.51. The molecule has 0 bridgehead atoms. The molecule has 6 nitrogen and oxygen atoms in total. The van der Waals surface area contributed by atoms with Gasteiger partial charge in [-0.1, -0.05) is 11.6 Å². The Morgan fingerprint density at radius 3 is 2.87 bits per heavy atom. The quantitative estimate of drug-likeness (QED) is 0.588. The van der Waals surface area contributed by atoms with E-state index in [1.165, 1.54) is 19.2 Å². The fraction of sp³-hybridized carbons (Fsp3) is 0.375. The molecule has 0 aliphatic heterocycles. The van der Waals surface area contributed by atoms with Crippen LogP contribution in [-0.2, 0) is 9.57 Å². The van der Waals surface area contributed by atoms with Gasteiger partial charge in [0, 0.05) is 7.11 Å². The first kappa shape index (κ1) is 11.8. The van der Waals surface area contributed by atoms with Crippen molar-refractivity contribution in [1.29, 1.82) is 0 Å². The van der Waals surface area contributed by atoms with E-state index in [2.05, 4.69) is 15.7 Å². The number of halogens is 1. The van der Waals surface area contributed by atoms with Gasteiger partial charge in [-0.05, 0) is 12.1 Å². The van der Waals surface area contributed by atoms with Gasteiger partial charge in [-0.25, -0.2) is 5.48 Å². The molecule has 0 fully saturated rings. The zero-order valence-corrected chi connectivity index (χ0v) is 8.82. The number of hydrogen-bond donors (Lipinski definition) is 1. The highest BCUT2D eigenvalue weighted by Crippen LogP contribution is 2.01. The van der Waals surface area contributed by atoms with Crippen molar-refractivity contribution in [2.45, 2.75) is 0 Å². The van der Waals surface area contributed by atoms with E-state index in [9.17, 15) is 4.79 Å². The van der Waals surface area contributed by atoms with Gasteiger partial charge in [0.2, 0.25) is 0 Å². The number of amides is 1. The third kappa shape index (κ3) is 4.20. The molecule has 0 radical (unpaired) electrons. The second kappa shape index (κ2) is 6.28. The summed E-state index contributed by atoms with van der Waals surface area (Å²) >= 11 is 5.51. The smallest absolute Gasteiger partial charge is 0.295 e. The summed E-state index contributed by atoms with van der Waals surface area (Å²) in [6, 6.07) is 2.92. The molecule has 1 rings (SSSR count). The topological polar surface area (TPSA) is 73.3 Å². The van der Waals surface area contributed by atoms with Crippen LogP contribution in [0.3, 0.4) is 0 Å². The van der Waals surface area contributed by atoms with Gasteiger partial charge < -0.3 is 4.74 Å². The van der Waals surface area contributed by atoms with E-state index in [0.29, 0.717) is 6.61 Å². The summed E-state index contributed by atoms with van der Waals surface area (Å²) in [5, 5.41) is 7.32. The van der Waals surface area contributed by atoms with Crippen molar-refractivity contribution in [2.75, 3.05) is 20.3 Å². The Morgan fingerprint density at radius 2 is 2.27 bits per heavy atom. The number of carbonyl (C=O) groups is 1. The fourth-order valence-corrected chi connectivity index (χ4v) is 0.832. The van der Waals surface area contributed by atoms with E-state index in [-0.39, 0.29) is 17.5 Å². The number of nitrogens with zero attached hydrogens (tertiary/aromatic N) is 2. The van der Waals surface area contributed by atoms with Crippen LogP contribution in [0.15, 0.2) is 12.1 Å². The zero-order chi connectivity index (χ0) is 11.1. The molecular weight excluding hydrogens is 222 g/mol. The van der Waals surface area contributed by atoms with Crippen molar-refractivity contribution >= 4 is 17.5 Å². The maximum Gasteiger partial charge on any atom is 0.295 e. The van der Waals surface area contributed by atoms with Gasteiger partial charge in [0.25, 0.3) is 5.91 Å². The Kier molecular flexibility index (Phi) is 4.96. The molecule has 0 aliphatic carbocycles. The van der Waals surface area contributed by atoms with Crippen molar-refractivity contribution in [1.82, 2.24) is 15.7 Å². The summed E-state index contributed by atoms with van der Waals surface area (Å²) in [6.07, 6.45) is 0. The molecule has 1 aromatic heterocycles. The molecule has 1 heterocycles. The minimum atomic E-state index is -0.477. The van der Waals surface area contributed by atoms with Crippen molar-refractivity contribution in [3.8, 4) is 0 Å². The third-order valence-electron chi connectivity index (χ3n) is 1.42. The van der Waals surface area contributed by atoms with Crippen molar-refractivity contribution in [3.63, 3.8) is 0 Å². The highest BCUT2D eigenvalue weighted by Gasteiger charge is 2.07. The number of methoxy groups -OCH3 is 1. The summed E-state index contributed by atoms with van der Waals surface area (Å²) in [5.41, 5.74) is 2.32. The van der Waals surface area contributed by atoms with E-state index < -0.39 is 5.91 Å². The van der Waals surface area contributed by atoms with Gasteiger partial charge in [-0.3, -0.25) is 9.63 Å². The minimum absolute atomic E-state index is 0.136. The predicted octanol–water partition coefficient (Wildman–Crippen LogP) is 0.438. The molecule has 1 amide bonds. The van der Waals surface area contributed by atoms with Crippen LogP contribution in [-0.4, -0.2) is 36.4 Å². The van der Waals surface area contributed by atoms with Crippen LogP contribution in [0.2, 0.25) is 5.15 Å². The van der Waals surface area contributed by atoms with Crippen LogP contribution >= 0.6 is 11.6 Å². The van der Waals surface area contributed by atoms with Gasteiger partial charge in [0.15, 0.2) is 10.8 Å². The van der Waals surface area contributed by atoms with E-state index in [0.717, 1.165) is 0 Å². The fourth-order valence-electron chi connectivity index (χ4n) is 0.731. The zero-order valence-electron chi connectivity index (χ0n) is 8.07. The molecule has 0 atom stereocenters. The molecule has 0 saturated heterocycles. The van der Waals surface area contributed by atoms with Crippen molar-refractivity contribution in [2.24, 2.45) is 0 Å². The van der Waals surface area contributed by atoms with Crippen molar-refractivity contribution in [3.05, 3.63) is 23.0 Å². The summed E-state index contributed by atoms with van der Waals surface area (Å²) in [5.74, 6) is -0.477. The number of hydroxylamine groups is 1. The Hall–Kier alpha value is -1.24. The molecule has 15 heavy (non-hydrogen) atoms. The first-order valence-corrected chi connectivity index (χ1v) is 4.52. The van der Waals surface area contributed by atoms with Crippen LogP contribution in [0.5, 0.6) is 0 Å². The van der Waals surface area contributed by atoms with Gasteiger partial charge in [0.1, 0.15) is 0 Å². The molecule has 0 unspecified atom stereocenters. The first-order chi connectivity index (χ1) is 7.24. The molecular formula is C8H10ClN3O3. The molecule has 1 N–H and O–H groups in total. The molecule has 0 aliphatic rings. The molecule has 7 heteroatoms. The Bertz CT molecular complexity index is 317. The largest absolute Gasteiger partial charge is 0.382 e. The molecule has 82 valence electrons. The lowest BCUT2D eigenvalue weighted by molar-refractivity contribution is 0.00852. The van der Waals surface area contributed by atoms with Crippen LogP contribution < -0.4 is 5.48 Å². The number of ether oxygens (including phenoxy) is 1. The average molecular weight is 232 g/mol. The molecule has 1 aromatic rings. The second-order valence-corrected chi connectivity index (χ2v) is 2.90. The number of aromatic nitrogens is 2. The maximum absolute atomic E-state index is 11.3. The van der Waals surface area contributed by atoms with Crippen LogP contribution in [0.25, 0.3) is 0 Å². The van der Waals surface area contributed by atoms with Gasteiger partial charge in [0.05, 0.1) is 13.2 Å². The van der Waals surface area contributed by atoms with Gasteiger partial charge in [-0.2, -0.15) is 0 Å². The third-order valence-corrected chi connectivity index (χ3v) is 1.62. The Labute approximate surface area is 91.5 Å². The predicted molar refractivity (Wildman–Crippen MR) is 52.3 cm³/mol. The standard InChI is InChI=1S/C8H10ClN3O3/c1-14-4-5-15-12-8(13)6-2-3-7(9)11-10-6/h2-3H,4-5H2,1H3,(H,12,13). The highest BCUT2D eigenvalue weighted by atomic mass is 35.5. The monoisotopic (exact) mass is 231 g/mol. The van der Waals surface area contributed by atoms with E-state index >= 15 is 0 Å². The lowest BCUT2D eigenvalue weighted by Gasteiger charge is -2.03. The average Bonchev–Trinajstić information content (AvgIpc) is 2.25. The number of rotatable bonds is 5. The SMILES string of the molecule is COCCONC(=O)c1ccc(Cl)nn1. The van der Waals surface area contributed by atoms with Gasteiger partial charge >= 0.3 is 0 Å². The summed E-state index contributed by atoms with van der Waals surface area (Å²) in [6.45, 7) is 0.663. The molecule has 0 spiro atoms. The summed E-state index contributed by atoms with van der Waals surface area (Å²) in [7, 11) is 1.54. The Morgan fingerprint density at radius 1 is 1.47 bits per heavy atom. The van der Waals surface area contributed by atoms with Crippen molar-refractivity contribution < 1.29 is 14.4 Å². The Balaban J connectivity index is 2.37. The summed E-state index contributed by atoms with van der Waals surface area (Å²) < 4.78 is 4.72. The lowest BCUT2D eigenvalue weighted by atomic mass is 10.4. The highest BCUT2D eigenvalue weighted by molar-refractivity contribution is 6.29. The number of nitrogens with one attached hydrogen (secondary N) is 1. The summed E-state index contributed by atoms with van der Waals surface area (Å²) in [4.78, 5) is 16.1. The minimum Gasteiger partial charge on any atom is -0.382 e. The van der Waals surface area contributed by atoms with E-state index in [4.69, 9.17) is 21.2 Å². The van der Waals surface area contributed by atoms with E-state index in [1.54, 1.807) is 0 Å². The van der Waals surface area contributed by atoms with E-state index in [1.807, 2.05) is 0 Å². The van der Waals surface area contributed by atoms with Crippen LogP contribution in [0.4, 0.5) is 0 Å². The van der Waals surface area contributed by atoms with Crippen LogP contribution in [0, 0.1) is 0 Å². The number of hydrogen-bond acceptors (Lipinski definition) is 5. The first-order valence-electron chi connectivity index (χ1n) is 4.14. The van der Waals surface area contributed by atoms with Crippen LogP contribution in [0.1, 0.15) is 10.5 Å². The lowest BCUT2D eigenvalue weighted by Crippen LogP contribution is -2.26. The maximum atomic E-state index is 11.3. The molecule has 0 saturated carbocycles. The normalized spacial score (nSPS) is 10.0. The van der Waals surface area contributed by atoms with Gasteiger partial charge in [-0.15, -0.1) is 10.2 Å².